The molecule has 2 aromatic rings. The Bertz CT molecular complexity index is 479. The van der Waals surface area contributed by atoms with Gasteiger partial charge in [-0.1, -0.05) is 19.9 Å². The zero-order valence-corrected chi connectivity index (χ0v) is 12.5. The third kappa shape index (κ3) is 4.08. The van der Waals surface area contributed by atoms with Crippen molar-refractivity contribution in [2.45, 2.75) is 39.9 Å². The molecule has 2 aromatic heterocycles. The lowest BCUT2D eigenvalue weighted by molar-refractivity contribution is 0.532. The highest BCUT2D eigenvalue weighted by Crippen LogP contribution is 2.19. The molecular formula is C14H21N3OS. The van der Waals surface area contributed by atoms with E-state index in [9.17, 15) is 0 Å². The van der Waals surface area contributed by atoms with Gasteiger partial charge in [0, 0.05) is 24.0 Å². The summed E-state index contributed by atoms with van der Waals surface area (Å²) >= 11 is 1.76. The van der Waals surface area contributed by atoms with Crippen LogP contribution in [0.25, 0.3) is 0 Å². The second-order valence-electron chi connectivity index (χ2n) is 4.75. The fraction of sp³-hybridized carbons (Fsp3) is 0.500. The summed E-state index contributed by atoms with van der Waals surface area (Å²) in [5, 5.41) is 5.43. The van der Waals surface area contributed by atoms with E-state index in [0.717, 1.165) is 25.3 Å². The van der Waals surface area contributed by atoms with E-state index in [1.54, 1.807) is 17.6 Å². The molecule has 0 unspecified atom stereocenters. The highest BCUT2D eigenvalue weighted by atomic mass is 32.1. The van der Waals surface area contributed by atoms with Gasteiger partial charge in [0.05, 0.1) is 12.2 Å². The average molecular weight is 279 g/mol. The number of aromatic nitrogens is 1. The minimum Gasteiger partial charge on any atom is -0.432 e. The quantitative estimate of drug-likeness (QED) is 0.844. The van der Waals surface area contributed by atoms with Gasteiger partial charge in [-0.25, -0.2) is 0 Å². The number of anilines is 1. The molecular weight excluding hydrogens is 258 g/mol. The summed E-state index contributed by atoms with van der Waals surface area (Å²) in [6.45, 7) is 8.84. The number of hydrogen-bond donors (Lipinski definition) is 1. The molecule has 0 aliphatic heterocycles. The van der Waals surface area contributed by atoms with Gasteiger partial charge in [0.25, 0.3) is 6.01 Å². The van der Waals surface area contributed by atoms with Gasteiger partial charge in [-0.3, -0.25) is 0 Å². The van der Waals surface area contributed by atoms with Crippen LogP contribution in [0.3, 0.4) is 0 Å². The van der Waals surface area contributed by atoms with E-state index in [0.29, 0.717) is 12.1 Å². The van der Waals surface area contributed by atoms with E-state index < -0.39 is 0 Å². The Hall–Kier alpha value is -1.33. The van der Waals surface area contributed by atoms with Crippen LogP contribution in [0.1, 0.15) is 31.3 Å². The van der Waals surface area contributed by atoms with Gasteiger partial charge < -0.3 is 14.6 Å². The van der Waals surface area contributed by atoms with E-state index in [1.165, 1.54) is 4.88 Å². The Morgan fingerprint density at radius 1 is 1.47 bits per heavy atom. The zero-order chi connectivity index (χ0) is 13.7. The molecule has 19 heavy (non-hydrogen) atoms. The molecule has 0 saturated carbocycles. The van der Waals surface area contributed by atoms with Crippen LogP contribution >= 0.6 is 11.3 Å². The van der Waals surface area contributed by atoms with Crippen LogP contribution in [0.5, 0.6) is 0 Å². The van der Waals surface area contributed by atoms with Crippen LogP contribution in [-0.2, 0) is 13.1 Å². The lowest BCUT2D eigenvalue weighted by Gasteiger charge is -2.17. The standard InChI is InChI=1S/C14H21N3OS/c1-4-17(9-13-6-5-7-19-13)14-16-12(10-18-14)8-15-11(2)3/h5-7,10-11,15H,4,8-9H2,1-3H3. The molecule has 0 bridgehead atoms. The van der Waals surface area contributed by atoms with Crippen molar-refractivity contribution in [1.29, 1.82) is 0 Å². The molecule has 0 amide bonds. The van der Waals surface area contributed by atoms with Gasteiger partial charge >= 0.3 is 0 Å². The van der Waals surface area contributed by atoms with Gasteiger partial charge in [0.1, 0.15) is 6.26 Å². The van der Waals surface area contributed by atoms with Gasteiger partial charge in [0.15, 0.2) is 0 Å². The molecule has 2 rings (SSSR count). The molecule has 0 aromatic carbocycles. The van der Waals surface area contributed by atoms with Crippen molar-refractivity contribution in [2.24, 2.45) is 0 Å². The lowest BCUT2D eigenvalue weighted by Crippen LogP contribution is -2.23. The summed E-state index contributed by atoms with van der Waals surface area (Å²) in [5.74, 6) is 0. The topological polar surface area (TPSA) is 41.3 Å². The SMILES string of the molecule is CCN(Cc1cccs1)c1nc(CNC(C)C)co1. The third-order valence-corrected chi connectivity index (χ3v) is 3.67. The van der Waals surface area contributed by atoms with Gasteiger partial charge in [-0.15, -0.1) is 11.3 Å². The van der Waals surface area contributed by atoms with E-state index in [4.69, 9.17) is 4.42 Å². The second kappa shape index (κ2) is 6.73. The molecule has 2 heterocycles. The predicted molar refractivity (Wildman–Crippen MR) is 79.5 cm³/mol. The Morgan fingerprint density at radius 2 is 2.32 bits per heavy atom. The van der Waals surface area contributed by atoms with Crippen LogP contribution < -0.4 is 10.2 Å². The Labute approximate surface area is 118 Å². The molecule has 4 nitrogen and oxygen atoms in total. The third-order valence-electron chi connectivity index (χ3n) is 2.81. The molecule has 0 radical (unpaired) electrons. The van der Waals surface area contributed by atoms with E-state index in [1.807, 2.05) is 0 Å². The van der Waals surface area contributed by atoms with Crippen molar-refractivity contribution in [3.63, 3.8) is 0 Å². The summed E-state index contributed by atoms with van der Waals surface area (Å²) in [4.78, 5) is 8.00. The largest absolute Gasteiger partial charge is 0.432 e. The zero-order valence-electron chi connectivity index (χ0n) is 11.7. The number of nitrogens with zero attached hydrogens (tertiary/aromatic N) is 2. The maximum absolute atomic E-state index is 5.58. The van der Waals surface area contributed by atoms with Crippen LogP contribution in [0, 0.1) is 0 Å². The summed E-state index contributed by atoms with van der Waals surface area (Å²) in [5.41, 5.74) is 0.952. The average Bonchev–Trinajstić information content (AvgIpc) is 3.04. The fourth-order valence-electron chi connectivity index (χ4n) is 1.74. The Balaban J connectivity index is 1.98. The van der Waals surface area contributed by atoms with Gasteiger partial charge in [-0.2, -0.15) is 4.98 Å². The first-order chi connectivity index (χ1) is 9.19. The van der Waals surface area contributed by atoms with Crippen molar-refractivity contribution >= 4 is 17.4 Å². The smallest absolute Gasteiger partial charge is 0.297 e. The number of hydrogen-bond acceptors (Lipinski definition) is 5. The van der Waals surface area contributed by atoms with Crippen molar-refractivity contribution < 1.29 is 4.42 Å². The number of rotatable bonds is 7. The fourth-order valence-corrected chi connectivity index (χ4v) is 2.46. The highest BCUT2D eigenvalue weighted by molar-refractivity contribution is 7.09. The van der Waals surface area contributed by atoms with Crippen LogP contribution in [0.2, 0.25) is 0 Å². The normalized spacial score (nSPS) is 11.2. The first-order valence-electron chi connectivity index (χ1n) is 6.64. The monoisotopic (exact) mass is 279 g/mol. The minimum absolute atomic E-state index is 0.452. The predicted octanol–water partition coefficient (Wildman–Crippen LogP) is 3.26. The van der Waals surface area contributed by atoms with Crippen LogP contribution in [0.15, 0.2) is 28.2 Å². The van der Waals surface area contributed by atoms with Gasteiger partial charge in [0.2, 0.25) is 0 Å². The molecule has 5 heteroatoms. The maximum atomic E-state index is 5.58. The van der Waals surface area contributed by atoms with Crippen molar-refractivity contribution in [1.82, 2.24) is 10.3 Å². The Kier molecular flexibility index (Phi) is 4.99. The van der Waals surface area contributed by atoms with Crippen molar-refractivity contribution in [3.05, 3.63) is 34.3 Å². The molecule has 0 fully saturated rings. The molecule has 0 saturated heterocycles. The van der Waals surface area contributed by atoms with Crippen molar-refractivity contribution in [2.75, 3.05) is 11.4 Å². The summed E-state index contributed by atoms with van der Waals surface area (Å²) in [7, 11) is 0. The number of thiophene rings is 1. The summed E-state index contributed by atoms with van der Waals surface area (Å²) in [6.07, 6.45) is 1.74. The molecule has 104 valence electrons. The van der Waals surface area contributed by atoms with Crippen molar-refractivity contribution in [3.8, 4) is 0 Å². The second-order valence-corrected chi connectivity index (χ2v) is 5.78. The van der Waals surface area contributed by atoms with E-state index in [2.05, 4.69) is 53.5 Å². The first-order valence-corrected chi connectivity index (χ1v) is 7.52. The maximum Gasteiger partial charge on any atom is 0.297 e. The molecule has 1 N–H and O–H groups in total. The lowest BCUT2D eigenvalue weighted by atomic mass is 10.4. The molecule has 0 aliphatic rings. The van der Waals surface area contributed by atoms with Crippen LogP contribution in [0.4, 0.5) is 6.01 Å². The summed E-state index contributed by atoms with van der Waals surface area (Å²) < 4.78 is 5.58. The van der Waals surface area contributed by atoms with Crippen LogP contribution in [-0.4, -0.2) is 17.6 Å². The molecule has 0 aliphatic carbocycles. The summed E-state index contributed by atoms with van der Waals surface area (Å²) in [6, 6.07) is 5.36. The highest BCUT2D eigenvalue weighted by Gasteiger charge is 2.12. The number of oxazole rings is 1. The minimum atomic E-state index is 0.452. The van der Waals surface area contributed by atoms with E-state index >= 15 is 0 Å². The van der Waals surface area contributed by atoms with E-state index in [-0.39, 0.29) is 0 Å². The molecule has 0 atom stereocenters. The first kappa shape index (κ1) is 14.1. The molecule has 0 spiro atoms. The van der Waals surface area contributed by atoms with Gasteiger partial charge in [-0.05, 0) is 18.4 Å². The number of nitrogens with one attached hydrogen (secondary N) is 1. The Morgan fingerprint density at radius 3 is 2.95 bits per heavy atom.